The molecule has 0 saturated carbocycles. The molecule has 9 heteroatoms. The van der Waals surface area contributed by atoms with Gasteiger partial charge in [-0.2, -0.15) is 4.99 Å². The lowest BCUT2D eigenvalue weighted by Crippen LogP contribution is -2.51. The number of rotatable bonds is 6. The first-order valence-electron chi connectivity index (χ1n) is 8.53. The molecule has 0 aromatic heterocycles. The maximum atomic E-state index is 13.2. The molecular weight excluding hydrogens is 417 g/mol. The Balaban J connectivity index is 1.97. The van der Waals surface area contributed by atoms with Crippen LogP contribution in [0.5, 0.6) is 0 Å². The quantitative estimate of drug-likeness (QED) is 0.679. The minimum Gasteiger partial charge on any atom is -0.386 e. The number of amidine groups is 1. The van der Waals surface area contributed by atoms with E-state index in [4.69, 9.17) is 28.9 Å². The molecule has 0 fully saturated rings. The van der Waals surface area contributed by atoms with E-state index < -0.39 is 29.6 Å². The van der Waals surface area contributed by atoms with Crippen molar-refractivity contribution in [2.75, 3.05) is 0 Å². The van der Waals surface area contributed by atoms with E-state index in [1.165, 1.54) is 36.4 Å². The average Bonchev–Trinajstić information content (AvgIpc) is 2.67. The molecule has 0 bridgehead atoms. The summed E-state index contributed by atoms with van der Waals surface area (Å²) in [6.07, 6.45) is -0.314. The van der Waals surface area contributed by atoms with E-state index >= 15 is 0 Å². The van der Waals surface area contributed by atoms with E-state index in [-0.39, 0.29) is 23.6 Å². The van der Waals surface area contributed by atoms with Crippen LogP contribution in [0.1, 0.15) is 27.1 Å². The van der Waals surface area contributed by atoms with Crippen LogP contribution in [0.15, 0.2) is 53.5 Å². The number of aliphatic imine (C=N–C) groups is 1. The van der Waals surface area contributed by atoms with E-state index in [1.54, 1.807) is 12.1 Å². The van der Waals surface area contributed by atoms with E-state index in [0.717, 1.165) is 0 Å². The number of carbonyl (C=O) groups is 4. The molecule has 3 N–H and O–H groups in total. The number of ketones is 2. The molecule has 3 amide bonds. The van der Waals surface area contributed by atoms with Crippen LogP contribution in [0, 0.1) is 11.8 Å². The Kier molecular flexibility index (Phi) is 6.10. The van der Waals surface area contributed by atoms with Crippen molar-refractivity contribution in [2.45, 2.75) is 6.42 Å². The summed E-state index contributed by atoms with van der Waals surface area (Å²) in [5, 5.41) is 2.91. The van der Waals surface area contributed by atoms with E-state index in [0.29, 0.717) is 15.6 Å². The third-order valence-corrected chi connectivity index (χ3v) is 5.01. The van der Waals surface area contributed by atoms with Gasteiger partial charge in [-0.25, -0.2) is 4.79 Å². The molecule has 2 atom stereocenters. The molecule has 0 aliphatic carbocycles. The van der Waals surface area contributed by atoms with Gasteiger partial charge in [-0.1, -0.05) is 23.2 Å². The monoisotopic (exact) mass is 431 g/mol. The SMILES string of the molecule is NC1=NC(=O)NC(=O)C1C(CC(=O)c1ccc(Cl)cc1)C(=O)c1ccc(Cl)cc1. The Hall–Kier alpha value is -3.03. The summed E-state index contributed by atoms with van der Waals surface area (Å²) in [4.78, 5) is 53.3. The number of hydrogen-bond acceptors (Lipinski definition) is 5. The molecule has 0 spiro atoms. The first-order chi connectivity index (χ1) is 13.8. The standard InChI is InChI=1S/C20H15Cl2N3O4/c21-12-5-1-10(2-6-12)15(26)9-14(16-18(23)24-20(29)25-19(16)28)17(27)11-3-7-13(22)8-4-11/h1-8,14,16H,9H2,(H3,23,24,25,28,29). The van der Waals surface area contributed by atoms with Crippen molar-refractivity contribution < 1.29 is 19.2 Å². The average molecular weight is 432 g/mol. The molecule has 2 unspecified atom stereocenters. The summed E-state index contributed by atoms with van der Waals surface area (Å²) in [6.45, 7) is 0. The van der Waals surface area contributed by atoms with Crippen LogP contribution in [-0.2, 0) is 4.79 Å². The van der Waals surface area contributed by atoms with Gasteiger partial charge in [0.2, 0.25) is 5.91 Å². The first kappa shape index (κ1) is 20.7. The van der Waals surface area contributed by atoms with Gasteiger partial charge in [-0.15, -0.1) is 0 Å². The predicted octanol–water partition coefficient (Wildman–Crippen LogP) is 3.29. The number of nitrogens with zero attached hydrogens (tertiary/aromatic N) is 1. The number of amides is 3. The summed E-state index contributed by atoms with van der Waals surface area (Å²) >= 11 is 11.7. The summed E-state index contributed by atoms with van der Waals surface area (Å²) < 4.78 is 0. The number of halogens is 2. The molecule has 0 saturated heterocycles. The predicted molar refractivity (Wildman–Crippen MR) is 108 cm³/mol. The highest BCUT2D eigenvalue weighted by atomic mass is 35.5. The van der Waals surface area contributed by atoms with E-state index in [1.807, 2.05) is 5.32 Å². The largest absolute Gasteiger partial charge is 0.386 e. The van der Waals surface area contributed by atoms with Crippen LogP contribution in [0.3, 0.4) is 0 Å². The molecule has 1 aliphatic rings. The van der Waals surface area contributed by atoms with E-state index in [9.17, 15) is 19.2 Å². The van der Waals surface area contributed by atoms with Crippen molar-refractivity contribution in [1.29, 1.82) is 0 Å². The van der Waals surface area contributed by atoms with Crippen LogP contribution < -0.4 is 11.1 Å². The van der Waals surface area contributed by atoms with Gasteiger partial charge in [0, 0.05) is 33.5 Å². The maximum Gasteiger partial charge on any atom is 0.349 e. The number of hydrogen-bond donors (Lipinski definition) is 2. The third-order valence-electron chi connectivity index (χ3n) is 4.50. The molecule has 1 aliphatic heterocycles. The third kappa shape index (κ3) is 4.70. The number of Topliss-reactive ketones (excluding diaryl/α,β-unsaturated/α-hetero) is 2. The zero-order valence-corrected chi connectivity index (χ0v) is 16.4. The molecule has 2 aromatic rings. The molecule has 148 valence electrons. The lowest BCUT2D eigenvalue weighted by atomic mass is 9.79. The second-order valence-corrected chi connectivity index (χ2v) is 7.29. The Labute approximate surface area is 175 Å². The first-order valence-corrected chi connectivity index (χ1v) is 9.29. The minimum atomic E-state index is -1.26. The van der Waals surface area contributed by atoms with Crippen molar-refractivity contribution in [3.05, 3.63) is 69.7 Å². The Morgan fingerprint density at radius 2 is 1.48 bits per heavy atom. The highest BCUT2D eigenvalue weighted by Crippen LogP contribution is 2.27. The van der Waals surface area contributed by atoms with Crippen molar-refractivity contribution in [3.63, 3.8) is 0 Å². The van der Waals surface area contributed by atoms with Crippen LogP contribution in [-0.4, -0.2) is 29.3 Å². The topological polar surface area (TPSA) is 119 Å². The number of carbonyl (C=O) groups excluding carboxylic acids is 4. The zero-order valence-electron chi connectivity index (χ0n) is 14.9. The smallest absolute Gasteiger partial charge is 0.349 e. The number of nitrogens with one attached hydrogen (secondary N) is 1. The Bertz CT molecular complexity index is 1020. The van der Waals surface area contributed by atoms with Crippen LogP contribution in [0.2, 0.25) is 10.0 Å². The fourth-order valence-electron chi connectivity index (χ4n) is 3.06. The van der Waals surface area contributed by atoms with Crippen LogP contribution in [0.4, 0.5) is 4.79 Å². The summed E-state index contributed by atoms with van der Waals surface area (Å²) in [5.41, 5.74) is 6.38. The fourth-order valence-corrected chi connectivity index (χ4v) is 3.32. The van der Waals surface area contributed by atoms with E-state index in [2.05, 4.69) is 4.99 Å². The summed E-state index contributed by atoms with van der Waals surface area (Å²) in [7, 11) is 0. The fraction of sp³-hybridized carbons (Fsp3) is 0.150. The van der Waals surface area contributed by atoms with Gasteiger partial charge in [0.25, 0.3) is 0 Å². The number of benzene rings is 2. The van der Waals surface area contributed by atoms with Gasteiger partial charge in [-0.3, -0.25) is 19.7 Å². The van der Waals surface area contributed by atoms with Crippen molar-refractivity contribution in [1.82, 2.24) is 5.32 Å². The Morgan fingerprint density at radius 1 is 0.966 bits per heavy atom. The second-order valence-electron chi connectivity index (χ2n) is 6.42. The van der Waals surface area contributed by atoms with Gasteiger partial charge in [0.1, 0.15) is 11.8 Å². The van der Waals surface area contributed by atoms with Gasteiger partial charge in [0.05, 0.1) is 0 Å². The van der Waals surface area contributed by atoms with Gasteiger partial charge in [-0.05, 0) is 48.5 Å². The zero-order chi connectivity index (χ0) is 21.1. The minimum absolute atomic E-state index is 0.251. The number of urea groups is 1. The molecule has 7 nitrogen and oxygen atoms in total. The summed E-state index contributed by atoms with van der Waals surface area (Å²) in [6, 6.07) is 11.3. The van der Waals surface area contributed by atoms with Crippen LogP contribution >= 0.6 is 23.2 Å². The van der Waals surface area contributed by atoms with Gasteiger partial charge < -0.3 is 5.73 Å². The van der Waals surface area contributed by atoms with Crippen molar-refractivity contribution in [2.24, 2.45) is 22.6 Å². The molecule has 29 heavy (non-hydrogen) atoms. The van der Waals surface area contributed by atoms with Gasteiger partial charge >= 0.3 is 6.03 Å². The Morgan fingerprint density at radius 3 is 2.00 bits per heavy atom. The molecule has 1 heterocycles. The highest BCUT2D eigenvalue weighted by Gasteiger charge is 2.41. The highest BCUT2D eigenvalue weighted by molar-refractivity contribution is 6.31. The molecule has 3 rings (SSSR count). The second kappa shape index (κ2) is 8.55. The normalized spacial score (nSPS) is 17.3. The van der Waals surface area contributed by atoms with Crippen LogP contribution in [0.25, 0.3) is 0 Å². The number of imide groups is 1. The maximum absolute atomic E-state index is 13.2. The molecule has 2 aromatic carbocycles. The lowest BCUT2D eigenvalue weighted by Gasteiger charge is -2.26. The molecule has 0 radical (unpaired) electrons. The van der Waals surface area contributed by atoms with Gasteiger partial charge in [0.15, 0.2) is 11.6 Å². The summed E-state index contributed by atoms with van der Waals surface area (Å²) in [5.74, 6) is -4.37. The van der Waals surface area contributed by atoms with Crippen molar-refractivity contribution in [3.8, 4) is 0 Å². The number of nitrogens with two attached hydrogens (primary N) is 1. The lowest BCUT2D eigenvalue weighted by molar-refractivity contribution is -0.123. The molecular formula is C20H15Cl2N3O4. The van der Waals surface area contributed by atoms with Crippen molar-refractivity contribution >= 4 is 52.5 Å².